The molecule has 0 aliphatic carbocycles. The van der Waals surface area contributed by atoms with E-state index in [4.69, 9.17) is 37.0 Å². The first kappa shape index (κ1) is 88.1. The number of aliphatic hydroxyl groups is 1. The topological polar surface area (TPSA) is 237 Å². The van der Waals surface area contributed by atoms with Crippen molar-refractivity contribution in [2.24, 2.45) is 23.7 Å². The van der Waals surface area contributed by atoms with Crippen molar-refractivity contribution in [1.82, 2.24) is 0 Å². The number of carbonyl (C=O) groups excluding carboxylic acids is 4. The van der Waals surface area contributed by atoms with E-state index in [0.29, 0.717) is 31.6 Å². The molecule has 0 aromatic carbocycles. The Bertz CT molecular complexity index is 1780. The standard InChI is InChI=1S/C71H138O17P2/c1-61(2)47-39-31-23-17-13-10-9-11-15-20-27-37-45-53-70(75)87-67(58-82-69(74)52-44-36-30-29-34-42-50-64(7)8)60-86-90(79,80)84-56-65(72)55-83-89(77,78)85-59-66(88-71(76)54-46-38-28-22-21-25-33-41-49-63(5)6)57-81-68(73)51-43-35-26-19-16-12-14-18-24-32-40-48-62(3)4/h61-67,72H,9-60H2,1-8H3,(H,77,78)(H,79,80)/t65-,66-,67-/m1/s1. The van der Waals surface area contributed by atoms with Gasteiger partial charge in [-0.2, -0.15) is 0 Å². The number of unbranched alkanes of at least 4 members (excludes halogenated alkanes) is 34. The number of esters is 4. The summed E-state index contributed by atoms with van der Waals surface area (Å²) < 4.78 is 68.3. The average molecular weight is 1330 g/mol. The Morgan fingerprint density at radius 1 is 0.278 bits per heavy atom. The molecule has 0 amide bonds. The fourth-order valence-electron chi connectivity index (χ4n) is 10.7. The zero-order chi connectivity index (χ0) is 66.8. The third kappa shape index (κ3) is 64.8. The number of carbonyl (C=O) groups is 4. The first-order chi connectivity index (χ1) is 43.1. The van der Waals surface area contributed by atoms with Gasteiger partial charge in [-0.1, -0.05) is 299 Å². The van der Waals surface area contributed by atoms with Crippen LogP contribution in [-0.2, 0) is 65.4 Å². The molecule has 534 valence electrons. The van der Waals surface area contributed by atoms with Gasteiger partial charge in [0.15, 0.2) is 12.2 Å². The summed E-state index contributed by atoms with van der Waals surface area (Å²) in [5.41, 5.74) is 0. The molecule has 0 radical (unpaired) electrons. The number of phosphoric ester groups is 2. The minimum Gasteiger partial charge on any atom is -0.462 e. The zero-order valence-corrected chi connectivity index (χ0v) is 60.6. The molecule has 3 N–H and O–H groups in total. The summed E-state index contributed by atoms with van der Waals surface area (Å²) in [6, 6.07) is 0. The Balaban J connectivity index is 5.22. The van der Waals surface area contributed by atoms with Crippen LogP contribution in [-0.4, -0.2) is 96.7 Å². The van der Waals surface area contributed by atoms with E-state index in [9.17, 15) is 43.2 Å². The quantitative estimate of drug-likeness (QED) is 0.0222. The second-order valence-electron chi connectivity index (χ2n) is 27.5. The average Bonchev–Trinajstić information content (AvgIpc) is 3.16. The van der Waals surface area contributed by atoms with Crippen molar-refractivity contribution in [1.29, 1.82) is 0 Å². The van der Waals surface area contributed by atoms with E-state index in [1.807, 2.05) is 0 Å². The zero-order valence-electron chi connectivity index (χ0n) is 58.8. The molecule has 0 bridgehead atoms. The van der Waals surface area contributed by atoms with Crippen molar-refractivity contribution in [2.75, 3.05) is 39.6 Å². The molecular weight excluding hydrogens is 1190 g/mol. The van der Waals surface area contributed by atoms with Gasteiger partial charge in [0.05, 0.1) is 26.4 Å². The number of rotatable bonds is 68. The van der Waals surface area contributed by atoms with Crippen LogP contribution in [0.4, 0.5) is 0 Å². The molecular formula is C71H138O17P2. The highest BCUT2D eigenvalue weighted by Gasteiger charge is 2.30. The van der Waals surface area contributed by atoms with Gasteiger partial charge in [0.2, 0.25) is 0 Å². The van der Waals surface area contributed by atoms with E-state index < -0.39 is 97.5 Å². The molecule has 0 saturated heterocycles. The molecule has 0 aromatic rings. The van der Waals surface area contributed by atoms with Crippen molar-refractivity contribution in [3.8, 4) is 0 Å². The molecule has 0 spiro atoms. The second-order valence-corrected chi connectivity index (χ2v) is 30.4. The fourth-order valence-corrected chi connectivity index (χ4v) is 12.2. The third-order valence-corrected chi connectivity index (χ3v) is 18.2. The Hall–Kier alpha value is -1.94. The Morgan fingerprint density at radius 3 is 0.689 bits per heavy atom. The van der Waals surface area contributed by atoms with Gasteiger partial charge in [-0.15, -0.1) is 0 Å². The maximum atomic E-state index is 13.0. The number of aliphatic hydroxyl groups excluding tert-OH is 1. The molecule has 0 aliphatic heterocycles. The van der Waals surface area contributed by atoms with E-state index in [1.165, 1.54) is 148 Å². The summed E-state index contributed by atoms with van der Waals surface area (Å²) in [6.07, 6.45) is 43.2. The lowest BCUT2D eigenvalue weighted by molar-refractivity contribution is -0.161. The third-order valence-electron chi connectivity index (χ3n) is 16.3. The van der Waals surface area contributed by atoms with Gasteiger partial charge in [-0.05, 0) is 49.4 Å². The van der Waals surface area contributed by atoms with Crippen LogP contribution in [0.15, 0.2) is 0 Å². The van der Waals surface area contributed by atoms with Crippen molar-refractivity contribution >= 4 is 39.5 Å². The van der Waals surface area contributed by atoms with Crippen LogP contribution in [0.2, 0.25) is 0 Å². The lowest BCUT2D eigenvalue weighted by Gasteiger charge is -2.21. The van der Waals surface area contributed by atoms with Crippen LogP contribution in [0.1, 0.15) is 351 Å². The molecule has 0 aromatic heterocycles. The van der Waals surface area contributed by atoms with E-state index in [1.54, 1.807) is 0 Å². The van der Waals surface area contributed by atoms with Crippen molar-refractivity contribution in [3.05, 3.63) is 0 Å². The number of phosphoric acid groups is 2. The van der Waals surface area contributed by atoms with Crippen LogP contribution >= 0.6 is 15.6 Å². The maximum absolute atomic E-state index is 13.0. The monoisotopic (exact) mass is 1320 g/mol. The highest BCUT2D eigenvalue weighted by molar-refractivity contribution is 7.47. The summed E-state index contributed by atoms with van der Waals surface area (Å²) in [5.74, 6) is 0.825. The summed E-state index contributed by atoms with van der Waals surface area (Å²) in [6.45, 7) is 14.1. The van der Waals surface area contributed by atoms with E-state index in [2.05, 4.69) is 55.4 Å². The highest BCUT2D eigenvalue weighted by Crippen LogP contribution is 2.45. The van der Waals surface area contributed by atoms with E-state index >= 15 is 0 Å². The van der Waals surface area contributed by atoms with Gasteiger partial charge in [0.25, 0.3) is 0 Å². The molecule has 0 heterocycles. The Labute approximate surface area is 549 Å². The number of hydrogen-bond donors (Lipinski definition) is 3. The summed E-state index contributed by atoms with van der Waals surface area (Å²) in [4.78, 5) is 72.5. The molecule has 2 unspecified atom stereocenters. The second kappa shape index (κ2) is 60.7. The molecule has 0 saturated carbocycles. The van der Waals surface area contributed by atoms with Gasteiger partial charge in [0, 0.05) is 25.7 Å². The van der Waals surface area contributed by atoms with E-state index in [-0.39, 0.29) is 25.7 Å². The summed E-state index contributed by atoms with van der Waals surface area (Å²) in [5, 5.41) is 10.6. The fraction of sp³-hybridized carbons (Fsp3) is 0.944. The van der Waals surface area contributed by atoms with Gasteiger partial charge in [0.1, 0.15) is 19.3 Å². The molecule has 0 rings (SSSR count). The predicted molar refractivity (Wildman–Crippen MR) is 363 cm³/mol. The van der Waals surface area contributed by atoms with Crippen LogP contribution in [0.5, 0.6) is 0 Å². The Morgan fingerprint density at radius 2 is 0.467 bits per heavy atom. The molecule has 5 atom stereocenters. The minimum atomic E-state index is -4.95. The predicted octanol–water partition coefficient (Wildman–Crippen LogP) is 20.1. The maximum Gasteiger partial charge on any atom is 0.472 e. The lowest BCUT2D eigenvalue weighted by Crippen LogP contribution is -2.30. The number of hydrogen-bond acceptors (Lipinski definition) is 15. The van der Waals surface area contributed by atoms with Crippen LogP contribution in [0.3, 0.4) is 0 Å². The highest BCUT2D eigenvalue weighted by atomic mass is 31.2. The molecule has 90 heavy (non-hydrogen) atoms. The number of ether oxygens (including phenoxy) is 4. The molecule has 0 aliphatic rings. The van der Waals surface area contributed by atoms with Crippen LogP contribution in [0.25, 0.3) is 0 Å². The van der Waals surface area contributed by atoms with Gasteiger partial charge in [-0.25, -0.2) is 9.13 Å². The summed E-state index contributed by atoms with van der Waals surface area (Å²) in [7, 11) is -9.90. The molecule has 17 nitrogen and oxygen atoms in total. The van der Waals surface area contributed by atoms with Crippen LogP contribution < -0.4 is 0 Å². The van der Waals surface area contributed by atoms with Crippen molar-refractivity contribution in [2.45, 2.75) is 369 Å². The largest absolute Gasteiger partial charge is 0.472 e. The van der Waals surface area contributed by atoms with Crippen molar-refractivity contribution in [3.63, 3.8) is 0 Å². The van der Waals surface area contributed by atoms with Gasteiger partial charge < -0.3 is 33.8 Å². The molecule has 0 fully saturated rings. The lowest BCUT2D eigenvalue weighted by atomic mass is 10.0. The first-order valence-corrected chi connectivity index (χ1v) is 39.7. The molecule has 19 heteroatoms. The Kier molecular flexibility index (Phi) is 59.4. The van der Waals surface area contributed by atoms with Gasteiger partial charge in [-0.3, -0.25) is 37.3 Å². The van der Waals surface area contributed by atoms with Crippen LogP contribution in [0, 0.1) is 23.7 Å². The normalized spacial score (nSPS) is 14.3. The van der Waals surface area contributed by atoms with E-state index in [0.717, 1.165) is 114 Å². The first-order valence-electron chi connectivity index (χ1n) is 36.7. The minimum absolute atomic E-state index is 0.104. The smallest absolute Gasteiger partial charge is 0.462 e. The van der Waals surface area contributed by atoms with Crippen molar-refractivity contribution < 1.29 is 80.2 Å². The summed E-state index contributed by atoms with van der Waals surface area (Å²) >= 11 is 0. The van der Waals surface area contributed by atoms with Gasteiger partial charge >= 0.3 is 39.5 Å². The SMILES string of the molecule is CC(C)CCCCCCCCCCCCCCCC(=O)O[C@H](COC(=O)CCCCCCCCC(C)C)COP(=O)(O)OC[C@H](O)COP(=O)(O)OC[C@@H](COC(=O)CCCCCCCCCCCCCC(C)C)OC(=O)CCCCCCCCCCC(C)C.